The first kappa shape index (κ1) is 23.8. The SMILES string of the molecule is Cc1c(O)c(N=Nc2ncc(-c3cnc(N=Nc4cc5ccccc5c(C)c4O)s3)s2)cc2ccccc12. The topological polar surface area (TPSA) is 116 Å². The lowest BCUT2D eigenvalue weighted by Gasteiger charge is -2.06. The Labute approximate surface area is 225 Å². The molecule has 2 N–H and O–H groups in total. The molecule has 186 valence electrons. The molecule has 2 heterocycles. The van der Waals surface area contributed by atoms with Crippen molar-refractivity contribution in [2.24, 2.45) is 20.5 Å². The molecule has 0 bridgehead atoms. The van der Waals surface area contributed by atoms with Crippen LogP contribution in [-0.4, -0.2) is 20.2 Å². The molecule has 4 aromatic carbocycles. The Balaban J connectivity index is 1.22. The summed E-state index contributed by atoms with van der Waals surface area (Å²) in [5.41, 5.74) is 2.31. The molecule has 0 fully saturated rings. The van der Waals surface area contributed by atoms with Crippen molar-refractivity contribution in [3.8, 4) is 21.3 Å². The third-order valence-corrected chi connectivity index (χ3v) is 8.19. The Morgan fingerprint density at radius 3 is 1.47 bits per heavy atom. The van der Waals surface area contributed by atoms with Crippen LogP contribution >= 0.6 is 22.7 Å². The quantitative estimate of drug-likeness (QED) is 0.213. The molecule has 38 heavy (non-hydrogen) atoms. The van der Waals surface area contributed by atoms with Gasteiger partial charge in [0.25, 0.3) is 0 Å². The van der Waals surface area contributed by atoms with Crippen molar-refractivity contribution in [2.75, 3.05) is 0 Å². The number of benzene rings is 4. The second kappa shape index (κ2) is 9.73. The van der Waals surface area contributed by atoms with E-state index < -0.39 is 0 Å². The van der Waals surface area contributed by atoms with Crippen LogP contribution in [0.3, 0.4) is 0 Å². The maximum absolute atomic E-state index is 10.6. The van der Waals surface area contributed by atoms with Crippen LogP contribution in [-0.2, 0) is 0 Å². The molecule has 0 spiro atoms. The number of azo groups is 2. The van der Waals surface area contributed by atoms with Crippen molar-refractivity contribution in [1.29, 1.82) is 0 Å². The van der Waals surface area contributed by atoms with Gasteiger partial charge in [0.05, 0.1) is 9.75 Å². The van der Waals surface area contributed by atoms with Crippen molar-refractivity contribution in [3.63, 3.8) is 0 Å². The van der Waals surface area contributed by atoms with Gasteiger partial charge in [-0.2, -0.15) is 0 Å². The van der Waals surface area contributed by atoms with Crippen molar-refractivity contribution < 1.29 is 10.2 Å². The van der Waals surface area contributed by atoms with E-state index in [-0.39, 0.29) is 11.5 Å². The fourth-order valence-electron chi connectivity index (χ4n) is 4.20. The Kier molecular flexibility index (Phi) is 6.10. The van der Waals surface area contributed by atoms with Crippen LogP contribution in [0.4, 0.5) is 21.6 Å². The molecule has 6 aromatic rings. The highest BCUT2D eigenvalue weighted by Gasteiger charge is 2.12. The van der Waals surface area contributed by atoms with Crippen LogP contribution in [0, 0.1) is 13.8 Å². The summed E-state index contributed by atoms with van der Waals surface area (Å²) in [5.74, 6) is 0.212. The maximum Gasteiger partial charge on any atom is 0.230 e. The number of hydrogen-bond acceptors (Lipinski definition) is 10. The number of thiazole rings is 2. The molecular formula is C28H20N6O2S2. The van der Waals surface area contributed by atoms with Gasteiger partial charge < -0.3 is 10.2 Å². The minimum atomic E-state index is 0.106. The molecule has 10 heteroatoms. The van der Waals surface area contributed by atoms with Gasteiger partial charge in [-0.25, -0.2) is 9.97 Å². The second-order valence-corrected chi connectivity index (χ2v) is 10.6. The molecule has 0 amide bonds. The summed E-state index contributed by atoms with van der Waals surface area (Å²) in [6.07, 6.45) is 3.41. The van der Waals surface area contributed by atoms with Gasteiger partial charge in [-0.3, -0.25) is 0 Å². The molecule has 0 aliphatic rings. The van der Waals surface area contributed by atoms with Gasteiger partial charge in [0.15, 0.2) is 0 Å². The first-order valence-corrected chi connectivity index (χ1v) is 13.3. The minimum absolute atomic E-state index is 0.106. The van der Waals surface area contributed by atoms with E-state index in [9.17, 15) is 10.2 Å². The number of phenolic OH excluding ortho intramolecular Hbond substituents is 2. The van der Waals surface area contributed by atoms with E-state index in [1.807, 2.05) is 74.5 Å². The molecule has 0 saturated carbocycles. The summed E-state index contributed by atoms with van der Waals surface area (Å²) in [7, 11) is 0. The number of aromatic hydroxyl groups is 2. The number of fused-ring (bicyclic) bond motifs is 2. The molecule has 0 aliphatic heterocycles. The Morgan fingerprint density at radius 2 is 1.03 bits per heavy atom. The first-order valence-electron chi connectivity index (χ1n) is 11.7. The fourth-order valence-corrected chi connectivity index (χ4v) is 5.73. The van der Waals surface area contributed by atoms with Crippen molar-refractivity contribution in [2.45, 2.75) is 13.8 Å². The summed E-state index contributed by atoms with van der Waals surface area (Å²) in [6, 6.07) is 19.3. The van der Waals surface area contributed by atoms with E-state index in [1.165, 1.54) is 22.7 Å². The van der Waals surface area contributed by atoms with Crippen LogP contribution in [0.15, 0.2) is 93.5 Å². The number of aryl methyl sites for hydroxylation is 2. The van der Waals surface area contributed by atoms with Crippen molar-refractivity contribution >= 4 is 65.9 Å². The fraction of sp³-hybridized carbons (Fsp3) is 0.0714. The van der Waals surface area contributed by atoms with Crippen LogP contribution in [0.1, 0.15) is 11.1 Å². The highest BCUT2D eigenvalue weighted by Crippen LogP contribution is 2.41. The first-order chi connectivity index (χ1) is 18.5. The number of hydrogen-bond donors (Lipinski definition) is 2. The van der Waals surface area contributed by atoms with E-state index in [0.717, 1.165) is 42.4 Å². The van der Waals surface area contributed by atoms with Gasteiger partial charge in [0, 0.05) is 23.5 Å². The van der Waals surface area contributed by atoms with Gasteiger partial charge in [-0.1, -0.05) is 71.2 Å². The summed E-state index contributed by atoms with van der Waals surface area (Å²) in [5, 5.41) is 43.0. The zero-order valence-corrected chi connectivity index (χ0v) is 22.0. The molecule has 0 aliphatic carbocycles. The van der Waals surface area contributed by atoms with E-state index in [1.54, 1.807) is 12.4 Å². The number of phenols is 2. The Bertz CT molecular complexity index is 1750. The predicted octanol–water partition coefficient (Wildman–Crippen LogP) is 9.43. The smallest absolute Gasteiger partial charge is 0.230 e. The second-order valence-electron chi connectivity index (χ2n) is 8.60. The highest BCUT2D eigenvalue weighted by molar-refractivity contribution is 7.25. The predicted molar refractivity (Wildman–Crippen MR) is 152 cm³/mol. The zero-order valence-electron chi connectivity index (χ0n) is 20.3. The van der Waals surface area contributed by atoms with Gasteiger partial charge in [-0.15, -0.1) is 20.5 Å². The molecule has 8 nitrogen and oxygen atoms in total. The third-order valence-electron chi connectivity index (χ3n) is 6.23. The van der Waals surface area contributed by atoms with Crippen LogP contribution in [0.2, 0.25) is 0 Å². The van der Waals surface area contributed by atoms with Gasteiger partial charge >= 0.3 is 0 Å². The van der Waals surface area contributed by atoms with Crippen LogP contribution in [0.25, 0.3) is 31.3 Å². The van der Waals surface area contributed by atoms with Crippen molar-refractivity contribution in [1.82, 2.24) is 9.97 Å². The number of nitrogens with zero attached hydrogens (tertiary/aromatic N) is 6. The lowest BCUT2D eigenvalue weighted by atomic mass is 10.0. The molecule has 0 atom stereocenters. The molecule has 0 saturated heterocycles. The Hall–Kier alpha value is -4.54. The van der Waals surface area contributed by atoms with Crippen molar-refractivity contribution in [3.05, 3.63) is 84.2 Å². The van der Waals surface area contributed by atoms with Crippen LogP contribution < -0.4 is 0 Å². The summed E-state index contributed by atoms with van der Waals surface area (Å²) in [6.45, 7) is 3.72. The lowest BCUT2D eigenvalue weighted by molar-refractivity contribution is 0.473. The van der Waals surface area contributed by atoms with Crippen LogP contribution in [0.5, 0.6) is 11.5 Å². The standard InChI is InChI=1S/C28H20N6O2S2/c1-15-19-9-5-3-7-17(19)11-21(25(15)35)31-33-27-29-13-23(37-27)24-14-30-28(38-24)34-32-22-12-18-8-4-6-10-20(18)16(2)26(22)36/h3-14,35-36H,1-2H3. The lowest BCUT2D eigenvalue weighted by Crippen LogP contribution is -1.80. The average Bonchev–Trinajstić information content (AvgIpc) is 3.61. The number of aromatic nitrogens is 2. The summed E-state index contributed by atoms with van der Waals surface area (Å²) >= 11 is 2.71. The van der Waals surface area contributed by atoms with E-state index >= 15 is 0 Å². The minimum Gasteiger partial charge on any atom is -0.505 e. The highest BCUT2D eigenvalue weighted by atomic mass is 32.1. The van der Waals surface area contributed by atoms with E-state index in [0.29, 0.717) is 21.6 Å². The van der Waals surface area contributed by atoms with E-state index in [4.69, 9.17) is 0 Å². The monoisotopic (exact) mass is 536 g/mol. The Morgan fingerprint density at radius 1 is 0.605 bits per heavy atom. The summed E-state index contributed by atoms with van der Waals surface area (Å²) in [4.78, 5) is 10.4. The third kappa shape index (κ3) is 4.40. The molecule has 0 radical (unpaired) electrons. The number of rotatable bonds is 5. The molecular weight excluding hydrogens is 516 g/mol. The maximum atomic E-state index is 10.6. The van der Waals surface area contributed by atoms with Gasteiger partial charge in [0.1, 0.15) is 22.9 Å². The van der Waals surface area contributed by atoms with Gasteiger partial charge in [-0.05, 0) is 47.5 Å². The van der Waals surface area contributed by atoms with Gasteiger partial charge in [0.2, 0.25) is 10.3 Å². The van der Waals surface area contributed by atoms with E-state index in [2.05, 4.69) is 30.4 Å². The average molecular weight is 537 g/mol. The molecule has 6 rings (SSSR count). The largest absolute Gasteiger partial charge is 0.505 e. The normalized spacial score (nSPS) is 11.9. The zero-order chi connectivity index (χ0) is 26.2. The molecule has 2 aromatic heterocycles. The summed E-state index contributed by atoms with van der Waals surface area (Å²) < 4.78 is 0. The molecule has 0 unspecified atom stereocenters.